The lowest BCUT2D eigenvalue weighted by Crippen LogP contribution is -2.42. The molecule has 0 heterocycles. The van der Waals surface area contributed by atoms with Crippen molar-refractivity contribution in [1.82, 2.24) is 5.32 Å². The number of urea groups is 1. The van der Waals surface area contributed by atoms with Crippen LogP contribution in [0.2, 0.25) is 0 Å². The molecule has 2 N–H and O–H groups in total. The van der Waals surface area contributed by atoms with Crippen molar-refractivity contribution in [3.05, 3.63) is 29.6 Å². The molecule has 0 atom stereocenters. The fourth-order valence-corrected chi connectivity index (χ4v) is 1.09. The van der Waals surface area contributed by atoms with Gasteiger partial charge in [-0.1, -0.05) is 0 Å². The molecular formula is C10H8F4N2O2. The van der Waals surface area contributed by atoms with Crippen molar-refractivity contribution in [2.75, 3.05) is 5.32 Å². The summed E-state index contributed by atoms with van der Waals surface area (Å²) in [6.45, 7) is 1.45. The summed E-state index contributed by atoms with van der Waals surface area (Å²) in [6, 6.07) is 1.93. The van der Waals surface area contributed by atoms with Crippen LogP contribution in [-0.4, -0.2) is 18.1 Å². The molecule has 1 aromatic rings. The van der Waals surface area contributed by atoms with E-state index in [0.717, 1.165) is 17.4 Å². The van der Waals surface area contributed by atoms with Crippen LogP contribution in [-0.2, 0) is 4.79 Å². The van der Waals surface area contributed by atoms with Gasteiger partial charge in [0.1, 0.15) is 5.82 Å². The van der Waals surface area contributed by atoms with Crippen molar-refractivity contribution in [2.24, 2.45) is 0 Å². The first-order chi connectivity index (χ1) is 8.20. The molecule has 18 heavy (non-hydrogen) atoms. The standard InChI is InChI=1S/C10H8F4N2O2/c1-5-4-6(11)2-3-7(5)15-9(18)16-8(17)10(12,13)14/h2-4H,1H3,(H2,15,16,17,18). The second-order valence-corrected chi connectivity index (χ2v) is 3.37. The first-order valence-corrected chi connectivity index (χ1v) is 4.65. The molecule has 1 aromatic carbocycles. The van der Waals surface area contributed by atoms with Gasteiger partial charge in [0.25, 0.3) is 0 Å². The van der Waals surface area contributed by atoms with Gasteiger partial charge < -0.3 is 5.32 Å². The second-order valence-electron chi connectivity index (χ2n) is 3.37. The second kappa shape index (κ2) is 5.03. The smallest absolute Gasteiger partial charge is 0.307 e. The summed E-state index contributed by atoms with van der Waals surface area (Å²) in [6.07, 6.45) is -5.14. The lowest BCUT2D eigenvalue weighted by Gasteiger charge is -2.10. The largest absolute Gasteiger partial charge is 0.471 e. The Hall–Kier alpha value is -2.12. The van der Waals surface area contributed by atoms with Crippen LogP contribution in [0.5, 0.6) is 0 Å². The SMILES string of the molecule is Cc1cc(F)ccc1NC(=O)NC(=O)C(F)(F)F. The van der Waals surface area contributed by atoms with Crippen molar-refractivity contribution in [3.63, 3.8) is 0 Å². The third-order valence-corrected chi connectivity index (χ3v) is 1.92. The summed E-state index contributed by atoms with van der Waals surface area (Å²) in [7, 11) is 0. The molecule has 0 fully saturated rings. The quantitative estimate of drug-likeness (QED) is 0.765. The number of nitrogens with one attached hydrogen (secondary N) is 2. The highest BCUT2D eigenvalue weighted by molar-refractivity contribution is 6.03. The predicted molar refractivity (Wildman–Crippen MR) is 54.4 cm³/mol. The van der Waals surface area contributed by atoms with Crippen molar-refractivity contribution in [1.29, 1.82) is 0 Å². The molecule has 0 aromatic heterocycles. The van der Waals surface area contributed by atoms with E-state index in [-0.39, 0.29) is 5.69 Å². The van der Waals surface area contributed by atoms with E-state index in [2.05, 4.69) is 0 Å². The maximum Gasteiger partial charge on any atom is 0.471 e. The first kappa shape index (κ1) is 13.9. The van der Waals surface area contributed by atoms with Crippen molar-refractivity contribution < 1.29 is 27.2 Å². The van der Waals surface area contributed by atoms with Crippen LogP contribution in [0, 0.1) is 12.7 Å². The minimum absolute atomic E-state index is 0.101. The number of rotatable bonds is 1. The fraction of sp³-hybridized carbons (Fsp3) is 0.200. The normalized spacial score (nSPS) is 10.9. The summed E-state index contributed by atoms with van der Waals surface area (Å²) in [5, 5.41) is 3.11. The summed E-state index contributed by atoms with van der Waals surface area (Å²) < 4.78 is 48.2. The van der Waals surface area contributed by atoms with Gasteiger partial charge in [0.2, 0.25) is 0 Å². The number of halogens is 4. The highest BCUT2D eigenvalue weighted by atomic mass is 19.4. The lowest BCUT2D eigenvalue weighted by atomic mass is 10.2. The topological polar surface area (TPSA) is 58.2 Å². The average molecular weight is 264 g/mol. The summed E-state index contributed by atoms with van der Waals surface area (Å²) in [4.78, 5) is 21.5. The summed E-state index contributed by atoms with van der Waals surface area (Å²) in [5.41, 5.74) is 0.411. The summed E-state index contributed by atoms with van der Waals surface area (Å²) in [5.74, 6) is -2.93. The molecule has 0 saturated heterocycles. The van der Waals surface area contributed by atoms with Crippen LogP contribution < -0.4 is 10.6 Å². The van der Waals surface area contributed by atoms with E-state index in [1.165, 1.54) is 13.0 Å². The van der Waals surface area contributed by atoms with Crippen LogP contribution in [0.15, 0.2) is 18.2 Å². The van der Waals surface area contributed by atoms with Crippen molar-refractivity contribution >= 4 is 17.6 Å². The Labute approximate surface area is 99.0 Å². The van der Waals surface area contributed by atoms with Gasteiger partial charge in [-0.3, -0.25) is 10.1 Å². The van der Waals surface area contributed by atoms with E-state index in [0.29, 0.717) is 5.56 Å². The number of hydrogen-bond acceptors (Lipinski definition) is 2. The van der Waals surface area contributed by atoms with Gasteiger partial charge in [-0.2, -0.15) is 13.2 Å². The molecule has 0 spiro atoms. The van der Waals surface area contributed by atoms with Gasteiger partial charge in [0.15, 0.2) is 0 Å². The molecule has 0 aliphatic carbocycles. The van der Waals surface area contributed by atoms with Gasteiger partial charge in [-0.05, 0) is 30.7 Å². The van der Waals surface area contributed by atoms with Crippen LogP contribution >= 0.6 is 0 Å². The number of hydrogen-bond donors (Lipinski definition) is 2. The third-order valence-electron chi connectivity index (χ3n) is 1.92. The highest BCUT2D eigenvalue weighted by Crippen LogP contribution is 2.16. The zero-order valence-electron chi connectivity index (χ0n) is 9.06. The van der Waals surface area contributed by atoms with Crippen molar-refractivity contribution in [3.8, 4) is 0 Å². The number of imide groups is 1. The zero-order chi connectivity index (χ0) is 13.9. The third kappa shape index (κ3) is 3.72. The van der Waals surface area contributed by atoms with Crippen LogP contribution in [0.4, 0.5) is 28.0 Å². The van der Waals surface area contributed by atoms with E-state index in [9.17, 15) is 27.2 Å². The zero-order valence-corrected chi connectivity index (χ0v) is 9.06. The molecule has 3 amide bonds. The molecular weight excluding hydrogens is 256 g/mol. The Bertz CT molecular complexity index is 485. The van der Waals surface area contributed by atoms with E-state index in [1.807, 2.05) is 5.32 Å². The maximum atomic E-state index is 12.7. The summed E-state index contributed by atoms with van der Waals surface area (Å²) >= 11 is 0. The number of carbonyl (C=O) groups is 2. The van der Waals surface area contributed by atoms with E-state index in [4.69, 9.17) is 0 Å². The molecule has 0 unspecified atom stereocenters. The highest BCUT2D eigenvalue weighted by Gasteiger charge is 2.39. The number of alkyl halides is 3. The van der Waals surface area contributed by atoms with Crippen LogP contribution in [0.1, 0.15) is 5.56 Å². The molecule has 0 aliphatic rings. The lowest BCUT2D eigenvalue weighted by molar-refractivity contribution is -0.172. The molecule has 0 bridgehead atoms. The average Bonchev–Trinajstić information content (AvgIpc) is 2.20. The first-order valence-electron chi connectivity index (χ1n) is 4.65. The number of carbonyl (C=O) groups excluding carboxylic acids is 2. The molecule has 0 saturated carbocycles. The van der Waals surface area contributed by atoms with Crippen molar-refractivity contribution in [2.45, 2.75) is 13.1 Å². The minimum Gasteiger partial charge on any atom is -0.307 e. The molecule has 0 aliphatic heterocycles. The monoisotopic (exact) mass is 264 g/mol. The fourth-order valence-electron chi connectivity index (χ4n) is 1.09. The maximum absolute atomic E-state index is 12.7. The molecule has 0 radical (unpaired) electrons. The van der Waals surface area contributed by atoms with Gasteiger partial charge in [-0.15, -0.1) is 0 Å². The Kier molecular flexibility index (Phi) is 3.89. The minimum atomic E-state index is -5.14. The Morgan fingerprint density at radius 1 is 1.22 bits per heavy atom. The Morgan fingerprint density at radius 3 is 2.33 bits per heavy atom. The Morgan fingerprint density at radius 2 is 1.83 bits per heavy atom. The molecule has 98 valence electrons. The predicted octanol–water partition coefficient (Wildman–Crippen LogP) is 2.34. The van der Waals surface area contributed by atoms with Crippen LogP contribution in [0.25, 0.3) is 0 Å². The van der Waals surface area contributed by atoms with Crippen LogP contribution in [0.3, 0.4) is 0 Å². The molecule has 1 rings (SSSR count). The van der Waals surface area contributed by atoms with Gasteiger partial charge in [0, 0.05) is 5.69 Å². The molecule has 4 nitrogen and oxygen atoms in total. The number of benzene rings is 1. The number of amides is 3. The van der Waals surface area contributed by atoms with Gasteiger partial charge in [0.05, 0.1) is 0 Å². The van der Waals surface area contributed by atoms with Gasteiger partial charge in [-0.25, -0.2) is 9.18 Å². The number of aryl methyl sites for hydroxylation is 1. The Balaban J connectivity index is 2.68. The van der Waals surface area contributed by atoms with E-state index >= 15 is 0 Å². The number of anilines is 1. The van der Waals surface area contributed by atoms with Gasteiger partial charge >= 0.3 is 18.1 Å². The van der Waals surface area contributed by atoms with E-state index in [1.54, 1.807) is 0 Å². The van der Waals surface area contributed by atoms with E-state index < -0.39 is 23.9 Å². The molecule has 8 heteroatoms.